The maximum Gasteiger partial charge on any atom is 0.267 e. The number of para-hydroxylation sites is 1. The Balaban J connectivity index is 1.47. The van der Waals surface area contributed by atoms with E-state index in [4.69, 9.17) is 0 Å². The fraction of sp³-hybridized carbons (Fsp3) is 0.583. The summed E-state index contributed by atoms with van der Waals surface area (Å²) >= 11 is 0. The molecule has 0 spiro atoms. The van der Waals surface area contributed by atoms with Crippen molar-refractivity contribution in [2.75, 3.05) is 0 Å². The number of carbonyl (C=O) groups excluding carboxylic acids is 1. The highest BCUT2D eigenvalue weighted by Gasteiger charge is 2.48. The molecule has 4 aliphatic rings. The number of amides is 1. The second-order valence-corrected chi connectivity index (χ2v) is 9.82. The first-order valence-corrected chi connectivity index (χ1v) is 11.3. The lowest BCUT2D eigenvalue weighted by atomic mass is 9.63. The van der Waals surface area contributed by atoms with E-state index in [0.717, 1.165) is 11.8 Å². The molecule has 2 aliphatic heterocycles. The van der Waals surface area contributed by atoms with Crippen molar-refractivity contribution in [3.63, 3.8) is 0 Å². The van der Waals surface area contributed by atoms with Gasteiger partial charge in [0.1, 0.15) is 11.3 Å². The summed E-state index contributed by atoms with van der Waals surface area (Å²) in [4.78, 5) is 28.9. The molecule has 2 aromatic rings. The highest BCUT2D eigenvalue weighted by molar-refractivity contribution is 6.02. The Morgan fingerprint density at radius 3 is 2.23 bits per heavy atom. The van der Waals surface area contributed by atoms with Crippen LogP contribution in [0.2, 0.25) is 0 Å². The zero-order valence-corrected chi connectivity index (χ0v) is 18.0. The predicted octanol–water partition coefficient (Wildman–Crippen LogP) is 3.63. The molecule has 6 nitrogen and oxygen atoms in total. The van der Waals surface area contributed by atoms with Crippen LogP contribution in [0.1, 0.15) is 69.3 Å². The summed E-state index contributed by atoms with van der Waals surface area (Å²) in [7, 11) is 0. The molecule has 160 valence electrons. The van der Waals surface area contributed by atoms with E-state index < -0.39 is 11.5 Å². The number of nitrogens with one attached hydrogen (secondary N) is 1. The highest BCUT2D eigenvalue weighted by atomic mass is 16.3. The molecule has 1 unspecified atom stereocenters. The van der Waals surface area contributed by atoms with Crippen LogP contribution in [0.5, 0.6) is 5.75 Å². The molecule has 6 heteroatoms. The van der Waals surface area contributed by atoms with Gasteiger partial charge < -0.3 is 15.0 Å². The standard InChI is InChI=1S/C24H31N3O3/c1-13(2)26-20-7-5-4-6-19(20)22(28)21(24(26)30)23(29)25-14(3)27-17-9-15-8-16(11-17)12-18(27)10-15/h4-7,13-18,28H,8-12H2,1-3H3,(H,25,29). The van der Waals surface area contributed by atoms with Gasteiger partial charge in [-0.25, -0.2) is 0 Å². The van der Waals surface area contributed by atoms with E-state index in [-0.39, 0.29) is 23.5 Å². The lowest BCUT2D eigenvalue weighted by Crippen LogP contribution is -2.64. The number of aromatic hydroxyl groups is 1. The van der Waals surface area contributed by atoms with Crippen LogP contribution in [-0.2, 0) is 0 Å². The van der Waals surface area contributed by atoms with Crippen LogP contribution in [-0.4, -0.2) is 38.7 Å². The molecule has 2 N–H and O–H groups in total. The molecule has 4 fully saturated rings. The van der Waals surface area contributed by atoms with Gasteiger partial charge in [0.05, 0.1) is 11.7 Å². The first-order valence-electron chi connectivity index (χ1n) is 11.3. The van der Waals surface area contributed by atoms with Crippen LogP contribution in [0.4, 0.5) is 0 Å². The van der Waals surface area contributed by atoms with Crippen molar-refractivity contribution >= 4 is 16.8 Å². The third-order valence-corrected chi connectivity index (χ3v) is 7.55. The second-order valence-electron chi connectivity index (χ2n) is 9.82. The van der Waals surface area contributed by atoms with Crippen molar-refractivity contribution in [2.24, 2.45) is 11.8 Å². The molecule has 0 radical (unpaired) electrons. The van der Waals surface area contributed by atoms with Crippen LogP contribution >= 0.6 is 0 Å². The minimum atomic E-state index is -0.487. The number of fused-ring (bicyclic) bond motifs is 1. The largest absolute Gasteiger partial charge is 0.506 e. The molecular formula is C24H31N3O3. The van der Waals surface area contributed by atoms with Crippen molar-refractivity contribution in [1.29, 1.82) is 0 Å². The van der Waals surface area contributed by atoms with E-state index in [1.165, 1.54) is 32.1 Å². The van der Waals surface area contributed by atoms with E-state index in [0.29, 0.717) is 23.0 Å². The van der Waals surface area contributed by atoms with Gasteiger partial charge in [0, 0.05) is 23.5 Å². The first-order chi connectivity index (χ1) is 14.3. The van der Waals surface area contributed by atoms with E-state index in [1.54, 1.807) is 16.7 Å². The summed E-state index contributed by atoms with van der Waals surface area (Å²) in [6, 6.07) is 8.12. The van der Waals surface area contributed by atoms with Gasteiger partial charge in [0.25, 0.3) is 11.5 Å². The summed E-state index contributed by atoms with van der Waals surface area (Å²) in [6.45, 7) is 5.84. The maximum absolute atomic E-state index is 13.2. The van der Waals surface area contributed by atoms with E-state index >= 15 is 0 Å². The minimum Gasteiger partial charge on any atom is -0.506 e. The quantitative estimate of drug-likeness (QED) is 0.809. The van der Waals surface area contributed by atoms with Crippen molar-refractivity contribution < 1.29 is 9.90 Å². The third kappa shape index (κ3) is 2.96. The number of piperidine rings is 2. The molecular weight excluding hydrogens is 378 g/mol. The molecule has 6 rings (SSSR count). The van der Waals surface area contributed by atoms with Crippen LogP contribution in [0.15, 0.2) is 29.1 Å². The van der Waals surface area contributed by atoms with Gasteiger partial charge in [-0.1, -0.05) is 12.1 Å². The Bertz CT molecular complexity index is 1030. The number of benzene rings is 1. The number of hydrogen-bond acceptors (Lipinski definition) is 4. The van der Waals surface area contributed by atoms with Crippen molar-refractivity contribution in [1.82, 2.24) is 14.8 Å². The lowest BCUT2D eigenvalue weighted by molar-refractivity contribution is -0.0828. The first kappa shape index (κ1) is 19.6. The number of nitrogens with zero attached hydrogens (tertiary/aromatic N) is 2. The zero-order valence-electron chi connectivity index (χ0n) is 18.0. The zero-order chi connectivity index (χ0) is 21.2. The number of rotatable bonds is 4. The Kier molecular flexibility index (Phi) is 4.65. The maximum atomic E-state index is 13.2. The number of hydrogen-bond donors (Lipinski definition) is 2. The Hall–Kier alpha value is -2.34. The van der Waals surface area contributed by atoms with Gasteiger partial charge in [0.2, 0.25) is 0 Å². The van der Waals surface area contributed by atoms with Gasteiger partial charge in [0.15, 0.2) is 0 Å². The molecule has 30 heavy (non-hydrogen) atoms. The van der Waals surface area contributed by atoms with Crippen LogP contribution in [0.3, 0.4) is 0 Å². The molecule has 1 atom stereocenters. The SMILES string of the molecule is CC(NC(=O)c1c(O)c2ccccc2n(C(C)C)c1=O)N1C2CC3CC(C2)CC1C3. The normalized spacial score (nSPS) is 28.9. The van der Waals surface area contributed by atoms with Crippen LogP contribution in [0, 0.1) is 11.8 Å². The molecule has 2 aliphatic carbocycles. The van der Waals surface area contributed by atoms with Crippen LogP contribution in [0.25, 0.3) is 10.9 Å². The average molecular weight is 410 g/mol. The highest BCUT2D eigenvalue weighted by Crippen LogP contribution is 2.49. The predicted molar refractivity (Wildman–Crippen MR) is 117 cm³/mol. The minimum absolute atomic E-state index is 0.125. The molecule has 4 bridgehead atoms. The summed E-state index contributed by atoms with van der Waals surface area (Å²) in [5.74, 6) is 0.972. The lowest BCUT2D eigenvalue weighted by Gasteiger charge is -2.58. The Morgan fingerprint density at radius 2 is 1.63 bits per heavy atom. The van der Waals surface area contributed by atoms with Gasteiger partial charge in [-0.05, 0) is 76.8 Å². The molecule has 3 heterocycles. The molecule has 1 aromatic heterocycles. The number of carbonyl (C=O) groups is 1. The molecule has 1 aromatic carbocycles. The van der Waals surface area contributed by atoms with E-state index in [9.17, 15) is 14.7 Å². The summed E-state index contributed by atoms with van der Waals surface area (Å²) < 4.78 is 1.60. The van der Waals surface area contributed by atoms with Crippen molar-refractivity contribution in [3.8, 4) is 5.75 Å². The van der Waals surface area contributed by atoms with Crippen molar-refractivity contribution in [2.45, 2.75) is 77.2 Å². The summed E-state index contributed by atoms with van der Waals surface area (Å²) in [5, 5.41) is 14.4. The topological polar surface area (TPSA) is 74.6 Å². The van der Waals surface area contributed by atoms with Crippen molar-refractivity contribution in [3.05, 3.63) is 40.2 Å². The fourth-order valence-electron chi connectivity index (χ4n) is 6.60. The van der Waals surface area contributed by atoms with Gasteiger partial charge in [-0.2, -0.15) is 0 Å². The Morgan fingerprint density at radius 1 is 1.03 bits per heavy atom. The average Bonchev–Trinajstić information content (AvgIpc) is 2.67. The van der Waals surface area contributed by atoms with E-state index in [1.807, 2.05) is 32.9 Å². The monoisotopic (exact) mass is 409 g/mol. The molecule has 2 saturated carbocycles. The molecule has 2 saturated heterocycles. The third-order valence-electron chi connectivity index (χ3n) is 7.55. The summed E-state index contributed by atoms with van der Waals surface area (Å²) in [5.41, 5.74) is 0.0506. The fourth-order valence-corrected chi connectivity index (χ4v) is 6.60. The molecule has 1 amide bonds. The van der Waals surface area contributed by atoms with Gasteiger partial charge in [-0.15, -0.1) is 0 Å². The Labute approximate surface area is 176 Å². The number of aromatic nitrogens is 1. The van der Waals surface area contributed by atoms with Crippen LogP contribution < -0.4 is 10.9 Å². The van der Waals surface area contributed by atoms with Gasteiger partial charge in [-0.3, -0.25) is 14.5 Å². The summed E-state index contributed by atoms with van der Waals surface area (Å²) in [6.07, 6.45) is 6.08. The number of pyridine rings is 1. The second kappa shape index (κ2) is 7.12. The smallest absolute Gasteiger partial charge is 0.267 e. The van der Waals surface area contributed by atoms with Gasteiger partial charge >= 0.3 is 0 Å². The van der Waals surface area contributed by atoms with E-state index in [2.05, 4.69) is 10.2 Å².